The van der Waals surface area contributed by atoms with Crippen molar-refractivity contribution in [3.8, 4) is 12.3 Å². The molecule has 0 saturated carbocycles. The van der Waals surface area contributed by atoms with Crippen molar-refractivity contribution in [2.24, 2.45) is 0 Å². The molecular weight excluding hydrogens is 238 g/mol. The Kier molecular flexibility index (Phi) is 4.26. The third kappa shape index (κ3) is 4.67. The third-order valence-electron chi connectivity index (χ3n) is 2.61. The minimum Gasteiger partial charge on any atom is -0.444 e. The van der Waals surface area contributed by atoms with E-state index in [0.717, 1.165) is 5.56 Å². The fourth-order valence-electron chi connectivity index (χ4n) is 1.48. The molecule has 3 nitrogen and oxygen atoms in total. The predicted molar refractivity (Wildman–Crippen MR) is 78.2 cm³/mol. The lowest BCUT2D eigenvalue weighted by Crippen LogP contribution is -2.27. The first-order valence-corrected chi connectivity index (χ1v) is 6.22. The highest BCUT2D eigenvalue weighted by Gasteiger charge is 2.18. The summed E-state index contributed by atoms with van der Waals surface area (Å²) in [6, 6.07) is 7.45. The van der Waals surface area contributed by atoms with Crippen LogP contribution >= 0.6 is 0 Å². The fraction of sp³-hybridized carbons (Fsp3) is 0.438. The number of anilines is 1. The van der Waals surface area contributed by atoms with Crippen LogP contribution in [0.4, 0.5) is 10.5 Å². The van der Waals surface area contributed by atoms with E-state index in [2.05, 4.69) is 11.2 Å². The van der Waals surface area contributed by atoms with Gasteiger partial charge in [-0.05, 0) is 52.3 Å². The Bertz CT molecular complexity index is 487. The van der Waals surface area contributed by atoms with Gasteiger partial charge in [0.25, 0.3) is 0 Å². The second-order valence-electron chi connectivity index (χ2n) is 5.97. The van der Waals surface area contributed by atoms with Gasteiger partial charge in [0.2, 0.25) is 0 Å². The molecule has 0 aromatic heterocycles. The maximum atomic E-state index is 11.6. The van der Waals surface area contributed by atoms with Gasteiger partial charge in [-0.1, -0.05) is 18.1 Å². The maximum Gasteiger partial charge on any atom is 0.412 e. The SMILES string of the molecule is C#CC(C)(C)c1ccc(NC(=O)OC(C)(C)C)cc1. The zero-order valence-corrected chi connectivity index (χ0v) is 12.2. The quantitative estimate of drug-likeness (QED) is 0.817. The highest BCUT2D eigenvalue weighted by molar-refractivity contribution is 5.84. The standard InChI is InChI=1S/C16H21NO2/c1-7-16(5,6)12-8-10-13(11-9-12)17-14(18)19-15(2,3)4/h1,8-11H,2-6H3,(H,17,18). The van der Waals surface area contributed by atoms with Crippen molar-refractivity contribution < 1.29 is 9.53 Å². The largest absolute Gasteiger partial charge is 0.444 e. The molecule has 3 heteroatoms. The first-order valence-electron chi connectivity index (χ1n) is 6.22. The van der Waals surface area contributed by atoms with Crippen LogP contribution in [0.25, 0.3) is 0 Å². The van der Waals surface area contributed by atoms with E-state index in [0.29, 0.717) is 5.69 Å². The number of carbonyl (C=O) groups excluding carboxylic acids is 1. The monoisotopic (exact) mass is 259 g/mol. The average Bonchev–Trinajstić information content (AvgIpc) is 2.27. The van der Waals surface area contributed by atoms with Crippen molar-refractivity contribution in [2.45, 2.75) is 45.6 Å². The summed E-state index contributed by atoms with van der Waals surface area (Å²) < 4.78 is 5.18. The van der Waals surface area contributed by atoms with Gasteiger partial charge in [-0.2, -0.15) is 0 Å². The number of carbonyl (C=O) groups is 1. The number of nitrogens with one attached hydrogen (secondary N) is 1. The predicted octanol–water partition coefficient (Wildman–Crippen LogP) is 3.94. The summed E-state index contributed by atoms with van der Waals surface area (Å²) in [6.45, 7) is 9.42. The van der Waals surface area contributed by atoms with Crippen LogP contribution in [-0.2, 0) is 10.2 Å². The van der Waals surface area contributed by atoms with E-state index < -0.39 is 11.7 Å². The molecule has 0 aliphatic heterocycles. The van der Waals surface area contributed by atoms with Crippen molar-refractivity contribution in [3.63, 3.8) is 0 Å². The van der Waals surface area contributed by atoms with Crippen LogP contribution in [-0.4, -0.2) is 11.7 Å². The molecule has 0 fully saturated rings. The molecule has 0 unspecified atom stereocenters. The molecule has 0 bridgehead atoms. The summed E-state index contributed by atoms with van der Waals surface area (Å²) in [5.74, 6) is 2.74. The molecule has 0 atom stereocenters. The molecule has 0 radical (unpaired) electrons. The van der Waals surface area contributed by atoms with E-state index >= 15 is 0 Å². The van der Waals surface area contributed by atoms with Crippen LogP contribution in [0.3, 0.4) is 0 Å². The lowest BCUT2D eigenvalue weighted by molar-refractivity contribution is 0.0636. The second-order valence-corrected chi connectivity index (χ2v) is 5.97. The van der Waals surface area contributed by atoms with Crippen LogP contribution in [0.15, 0.2) is 24.3 Å². The Labute approximate surface area is 115 Å². The molecule has 1 rings (SSSR count). The third-order valence-corrected chi connectivity index (χ3v) is 2.61. The van der Waals surface area contributed by atoms with Crippen molar-refractivity contribution in [3.05, 3.63) is 29.8 Å². The summed E-state index contributed by atoms with van der Waals surface area (Å²) in [4.78, 5) is 11.6. The number of benzene rings is 1. The number of ether oxygens (including phenoxy) is 1. The van der Waals surface area contributed by atoms with Crippen LogP contribution in [0.2, 0.25) is 0 Å². The van der Waals surface area contributed by atoms with E-state index in [1.165, 1.54) is 0 Å². The summed E-state index contributed by atoms with van der Waals surface area (Å²) in [6.07, 6.45) is 5.03. The van der Waals surface area contributed by atoms with Gasteiger partial charge in [0.1, 0.15) is 5.60 Å². The van der Waals surface area contributed by atoms with Crippen LogP contribution in [0, 0.1) is 12.3 Å². The van der Waals surface area contributed by atoms with Crippen LogP contribution < -0.4 is 5.32 Å². The Hall–Kier alpha value is -1.95. The number of terminal acetylenes is 1. The Morgan fingerprint density at radius 3 is 2.11 bits per heavy atom. The van der Waals surface area contributed by atoms with Gasteiger partial charge < -0.3 is 4.74 Å². The highest BCUT2D eigenvalue weighted by atomic mass is 16.6. The fourth-order valence-corrected chi connectivity index (χ4v) is 1.48. The van der Waals surface area contributed by atoms with Crippen molar-refractivity contribution in [1.29, 1.82) is 0 Å². The molecule has 0 saturated heterocycles. The molecule has 0 aliphatic rings. The van der Waals surface area contributed by atoms with Gasteiger partial charge in [-0.25, -0.2) is 4.79 Å². The lowest BCUT2D eigenvalue weighted by Gasteiger charge is -2.20. The smallest absolute Gasteiger partial charge is 0.412 e. The second kappa shape index (κ2) is 5.36. The zero-order valence-electron chi connectivity index (χ0n) is 12.2. The van der Waals surface area contributed by atoms with E-state index in [1.807, 2.05) is 58.9 Å². The van der Waals surface area contributed by atoms with Gasteiger partial charge in [0.15, 0.2) is 0 Å². The van der Waals surface area contributed by atoms with Gasteiger partial charge in [-0.15, -0.1) is 6.42 Å². The molecule has 1 aromatic rings. The number of hydrogen-bond acceptors (Lipinski definition) is 2. The summed E-state index contributed by atoms with van der Waals surface area (Å²) in [5, 5.41) is 2.68. The summed E-state index contributed by atoms with van der Waals surface area (Å²) in [5.41, 5.74) is 0.899. The van der Waals surface area contributed by atoms with Crippen LogP contribution in [0.1, 0.15) is 40.2 Å². The summed E-state index contributed by atoms with van der Waals surface area (Å²) in [7, 11) is 0. The van der Waals surface area contributed by atoms with Crippen molar-refractivity contribution in [1.82, 2.24) is 0 Å². The van der Waals surface area contributed by atoms with E-state index in [1.54, 1.807) is 0 Å². The van der Waals surface area contributed by atoms with Crippen molar-refractivity contribution in [2.75, 3.05) is 5.32 Å². The Morgan fingerprint density at radius 2 is 1.68 bits per heavy atom. The van der Waals surface area contributed by atoms with Crippen LogP contribution in [0.5, 0.6) is 0 Å². The maximum absolute atomic E-state index is 11.6. The molecule has 1 N–H and O–H groups in total. The minimum absolute atomic E-state index is 0.315. The van der Waals surface area contributed by atoms with E-state index in [-0.39, 0.29) is 5.41 Å². The minimum atomic E-state index is -0.504. The van der Waals surface area contributed by atoms with E-state index in [9.17, 15) is 4.79 Å². The van der Waals surface area contributed by atoms with Gasteiger partial charge >= 0.3 is 6.09 Å². The molecular formula is C16H21NO2. The first kappa shape index (κ1) is 15.1. The average molecular weight is 259 g/mol. The Morgan fingerprint density at radius 1 is 1.16 bits per heavy atom. The zero-order chi connectivity index (χ0) is 14.7. The lowest BCUT2D eigenvalue weighted by atomic mass is 9.86. The molecule has 0 heterocycles. The Balaban J connectivity index is 2.74. The number of hydrogen-bond donors (Lipinski definition) is 1. The molecule has 1 aromatic carbocycles. The first-order chi connectivity index (χ1) is 8.64. The molecule has 19 heavy (non-hydrogen) atoms. The summed E-state index contributed by atoms with van der Waals surface area (Å²) >= 11 is 0. The van der Waals surface area contributed by atoms with Gasteiger partial charge in [0.05, 0.1) is 5.41 Å². The van der Waals surface area contributed by atoms with Crippen molar-refractivity contribution >= 4 is 11.8 Å². The molecule has 0 aliphatic carbocycles. The highest BCUT2D eigenvalue weighted by Crippen LogP contribution is 2.23. The number of amides is 1. The normalized spacial score (nSPS) is 11.6. The van der Waals surface area contributed by atoms with Gasteiger partial charge in [-0.3, -0.25) is 5.32 Å². The molecule has 1 amide bonds. The van der Waals surface area contributed by atoms with E-state index in [4.69, 9.17) is 11.2 Å². The molecule has 102 valence electrons. The van der Waals surface area contributed by atoms with Gasteiger partial charge in [0, 0.05) is 5.69 Å². The topological polar surface area (TPSA) is 38.3 Å². The number of rotatable bonds is 2. The molecule has 0 spiro atoms.